The molecular weight excluding hydrogens is 308 g/mol. The van der Waals surface area contributed by atoms with Crippen LogP contribution in [0, 0.1) is 11.8 Å². The molecule has 0 unspecified atom stereocenters. The van der Waals surface area contributed by atoms with E-state index in [1.54, 1.807) is 6.92 Å². The van der Waals surface area contributed by atoms with Crippen LogP contribution in [0.1, 0.15) is 49.2 Å². The average molecular weight is 328 g/mol. The van der Waals surface area contributed by atoms with Crippen molar-refractivity contribution in [3.63, 3.8) is 0 Å². The Morgan fingerprint density at radius 2 is 2.05 bits per heavy atom. The van der Waals surface area contributed by atoms with Gasteiger partial charge in [-0.1, -0.05) is 25.2 Å². The van der Waals surface area contributed by atoms with Crippen molar-refractivity contribution in [1.82, 2.24) is 10.3 Å². The molecule has 0 aromatic carbocycles. The van der Waals surface area contributed by atoms with Crippen LogP contribution in [0.4, 0.5) is 0 Å². The van der Waals surface area contributed by atoms with Gasteiger partial charge in [0.05, 0.1) is 11.9 Å². The first-order valence-electron chi connectivity index (χ1n) is 6.93. The number of carbonyl (C=O) groups is 1. The molecule has 5 nitrogen and oxygen atoms in total. The lowest BCUT2D eigenvalue weighted by molar-refractivity contribution is 0.0957. The molecule has 1 heterocycles. The first kappa shape index (κ1) is 17.7. The van der Waals surface area contributed by atoms with Crippen molar-refractivity contribution in [1.29, 1.82) is 0 Å². The van der Waals surface area contributed by atoms with E-state index < -0.39 is 9.84 Å². The van der Waals surface area contributed by atoms with Crippen LogP contribution in [0.2, 0.25) is 0 Å². The summed E-state index contributed by atoms with van der Waals surface area (Å²) in [5, 5.41) is 2.74. The minimum Gasteiger partial charge on any atom is -0.351 e. The van der Waals surface area contributed by atoms with Crippen LogP contribution >= 0.6 is 11.3 Å². The SMILES string of the molecule is CCCC#CCCCNC(=O)c1cnc(S(=O)(=O)CC)s1. The number of amides is 1. The molecule has 0 aliphatic heterocycles. The summed E-state index contributed by atoms with van der Waals surface area (Å²) in [6, 6.07) is 0. The quantitative estimate of drug-likeness (QED) is 0.615. The van der Waals surface area contributed by atoms with Gasteiger partial charge < -0.3 is 5.32 Å². The van der Waals surface area contributed by atoms with Crippen LogP contribution in [0.3, 0.4) is 0 Å². The maximum atomic E-state index is 11.8. The van der Waals surface area contributed by atoms with Crippen molar-refractivity contribution in [2.75, 3.05) is 12.3 Å². The maximum Gasteiger partial charge on any atom is 0.263 e. The first-order chi connectivity index (χ1) is 10.0. The molecule has 1 amide bonds. The molecule has 116 valence electrons. The summed E-state index contributed by atoms with van der Waals surface area (Å²) in [6.45, 7) is 4.15. The zero-order valence-electron chi connectivity index (χ0n) is 12.3. The summed E-state index contributed by atoms with van der Waals surface area (Å²) in [5.74, 6) is 5.78. The molecule has 0 radical (unpaired) electrons. The smallest absolute Gasteiger partial charge is 0.263 e. The fourth-order valence-electron chi connectivity index (χ4n) is 1.40. The summed E-state index contributed by atoms with van der Waals surface area (Å²) >= 11 is 0.908. The normalized spacial score (nSPS) is 10.8. The molecule has 0 spiro atoms. The fraction of sp³-hybridized carbons (Fsp3) is 0.571. The minimum atomic E-state index is -3.34. The second kappa shape index (κ2) is 8.80. The highest BCUT2D eigenvalue weighted by Crippen LogP contribution is 2.19. The van der Waals surface area contributed by atoms with Crippen LogP contribution < -0.4 is 5.32 Å². The van der Waals surface area contributed by atoms with Gasteiger partial charge >= 0.3 is 0 Å². The van der Waals surface area contributed by atoms with Gasteiger partial charge in [0.2, 0.25) is 14.2 Å². The molecule has 21 heavy (non-hydrogen) atoms. The Balaban J connectivity index is 2.42. The van der Waals surface area contributed by atoms with Gasteiger partial charge in [-0.25, -0.2) is 13.4 Å². The molecule has 0 aliphatic carbocycles. The number of hydrogen-bond acceptors (Lipinski definition) is 5. The number of thiazole rings is 1. The molecule has 7 heteroatoms. The van der Waals surface area contributed by atoms with E-state index in [-0.39, 0.29) is 16.0 Å². The van der Waals surface area contributed by atoms with Crippen molar-refractivity contribution in [2.45, 2.75) is 43.9 Å². The molecule has 0 atom stereocenters. The molecule has 0 fully saturated rings. The second-order valence-electron chi connectivity index (χ2n) is 4.36. The Kier molecular flexibility index (Phi) is 7.40. The third-order valence-corrected chi connectivity index (χ3v) is 5.82. The number of carbonyl (C=O) groups excluding carboxylic acids is 1. The second-order valence-corrected chi connectivity index (χ2v) is 7.84. The van der Waals surface area contributed by atoms with E-state index in [2.05, 4.69) is 29.1 Å². The van der Waals surface area contributed by atoms with Crippen molar-refractivity contribution < 1.29 is 13.2 Å². The summed E-state index contributed by atoms with van der Waals surface area (Å²) in [6.07, 6.45) is 4.80. The lowest BCUT2D eigenvalue weighted by atomic mass is 10.3. The van der Waals surface area contributed by atoms with Gasteiger partial charge in [-0.05, 0) is 12.8 Å². The molecule has 1 aromatic rings. The van der Waals surface area contributed by atoms with Crippen molar-refractivity contribution in [2.24, 2.45) is 0 Å². The zero-order valence-corrected chi connectivity index (χ0v) is 13.9. The van der Waals surface area contributed by atoms with Gasteiger partial charge in [0.1, 0.15) is 4.88 Å². The number of hydrogen-bond donors (Lipinski definition) is 1. The molecule has 1 aromatic heterocycles. The standard InChI is InChI=1S/C14H20N2O3S2/c1-3-5-6-7-8-9-10-15-13(17)12-11-16-14(20-12)21(18,19)4-2/h11H,3-5,8-10H2,1-2H3,(H,15,17). The summed E-state index contributed by atoms with van der Waals surface area (Å²) in [7, 11) is -3.34. The van der Waals surface area contributed by atoms with Crippen molar-refractivity contribution >= 4 is 27.1 Å². The molecule has 0 bridgehead atoms. The lowest BCUT2D eigenvalue weighted by Crippen LogP contribution is -2.23. The Hall–Kier alpha value is -1.39. The van der Waals surface area contributed by atoms with Crippen LogP contribution in [-0.4, -0.2) is 31.6 Å². The van der Waals surface area contributed by atoms with E-state index in [1.165, 1.54) is 6.20 Å². The fourth-order valence-corrected chi connectivity index (χ4v) is 3.55. The molecule has 0 saturated heterocycles. The minimum absolute atomic E-state index is 0.000539. The highest BCUT2D eigenvalue weighted by Gasteiger charge is 2.18. The number of aromatic nitrogens is 1. The van der Waals surface area contributed by atoms with Crippen LogP contribution in [0.25, 0.3) is 0 Å². The van der Waals surface area contributed by atoms with Crippen LogP contribution in [0.5, 0.6) is 0 Å². The number of sulfone groups is 1. The van der Waals surface area contributed by atoms with Gasteiger partial charge in [-0.15, -0.1) is 11.8 Å². The predicted molar refractivity (Wildman–Crippen MR) is 84.1 cm³/mol. The van der Waals surface area contributed by atoms with E-state index in [0.29, 0.717) is 11.4 Å². The van der Waals surface area contributed by atoms with Gasteiger partial charge in [-0.2, -0.15) is 0 Å². The Labute approximate surface area is 130 Å². The van der Waals surface area contributed by atoms with Gasteiger partial charge in [-0.3, -0.25) is 4.79 Å². The highest BCUT2D eigenvalue weighted by atomic mass is 32.2. The monoisotopic (exact) mass is 328 g/mol. The Morgan fingerprint density at radius 3 is 2.71 bits per heavy atom. The number of nitrogens with one attached hydrogen (secondary N) is 1. The van der Waals surface area contributed by atoms with Crippen molar-refractivity contribution in [3.8, 4) is 11.8 Å². The summed E-state index contributed by atoms with van der Waals surface area (Å²) < 4.78 is 23.2. The molecule has 1 N–H and O–H groups in total. The van der Waals surface area contributed by atoms with Crippen molar-refractivity contribution in [3.05, 3.63) is 11.1 Å². The van der Waals surface area contributed by atoms with Gasteiger partial charge in [0, 0.05) is 19.4 Å². The maximum absolute atomic E-state index is 11.8. The highest BCUT2D eigenvalue weighted by molar-refractivity contribution is 7.93. The Bertz CT molecular complexity index is 624. The third-order valence-electron chi connectivity index (χ3n) is 2.62. The van der Waals surface area contributed by atoms with E-state index >= 15 is 0 Å². The topological polar surface area (TPSA) is 76.1 Å². The average Bonchev–Trinajstić information content (AvgIpc) is 2.97. The molecular formula is C14H20N2O3S2. The number of rotatable bonds is 7. The first-order valence-corrected chi connectivity index (χ1v) is 9.40. The van der Waals surface area contributed by atoms with Crippen LogP contribution in [-0.2, 0) is 9.84 Å². The summed E-state index contributed by atoms with van der Waals surface area (Å²) in [4.78, 5) is 16.0. The van der Waals surface area contributed by atoms with E-state index in [1.807, 2.05) is 0 Å². The molecule has 1 rings (SSSR count). The largest absolute Gasteiger partial charge is 0.351 e. The van der Waals surface area contributed by atoms with Gasteiger partial charge in [0.25, 0.3) is 5.91 Å². The molecule has 0 saturated carbocycles. The van der Waals surface area contributed by atoms with E-state index in [9.17, 15) is 13.2 Å². The van der Waals surface area contributed by atoms with Gasteiger partial charge in [0.15, 0.2) is 0 Å². The molecule has 0 aliphatic rings. The number of nitrogens with zero attached hydrogens (tertiary/aromatic N) is 1. The van der Waals surface area contributed by atoms with Crippen LogP contribution in [0.15, 0.2) is 10.5 Å². The van der Waals surface area contributed by atoms with E-state index in [4.69, 9.17) is 0 Å². The zero-order chi connectivity index (χ0) is 15.7. The summed E-state index contributed by atoms with van der Waals surface area (Å²) in [5.41, 5.74) is 0. The third kappa shape index (κ3) is 5.86. The lowest BCUT2D eigenvalue weighted by Gasteiger charge is -2.00. The number of unbranched alkanes of at least 4 members (excludes halogenated alkanes) is 2. The predicted octanol–water partition coefficient (Wildman–Crippen LogP) is 2.25. The Morgan fingerprint density at radius 1 is 1.33 bits per heavy atom. The van der Waals surface area contributed by atoms with E-state index in [0.717, 1.165) is 37.0 Å².